The van der Waals surface area contributed by atoms with E-state index in [1.54, 1.807) is 12.4 Å². The van der Waals surface area contributed by atoms with Crippen LogP contribution in [0.1, 0.15) is 50.2 Å². The molecule has 1 atom stereocenters. The molecule has 1 saturated carbocycles. The lowest BCUT2D eigenvalue weighted by Gasteiger charge is -2.44. The summed E-state index contributed by atoms with van der Waals surface area (Å²) in [5.74, 6) is 0.0638. The Labute approximate surface area is 172 Å². The summed E-state index contributed by atoms with van der Waals surface area (Å²) >= 11 is 0. The van der Waals surface area contributed by atoms with Crippen LogP contribution in [0.4, 0.5) is 4.39 Å². The van der Waals surface area contributed by atoms with Crippen molar-refractivity contribution in [1.29, 1.82) is 0 Å². The van der Waals surface area contributed by atoms with Crippen molar-refractivity contribution in [3.63, 3.8) is 0 Å². The molecule has 0 bridgehead atoms. The lowest BCUT2D eigenvalue weighted by Crippen LogP contribution is -2.48. The first-order valence-corrected chi connectivity index (χ1v) is 10.6. The van der Waals surface area contributed by atoms with Crippen LogP contribution in [-0.4, -0.2) is 17.1 Å². The van der Waals surface area contributed by atoms with Gasteiger partial charge in [-0.3, -0.25) is 4.98 Å². The summed E-state index contributed by atoms with van der Waals surface area (Å²) in [6, 6.07) is 14.2. The standard InChI is InChI=1S/C25H29FN2O/c1-3-23(27)25(19-7-5-4-6-8-19)12-9-20(10-13-25)29-24-17(2)21-11-14-28-16-18(21)15-22(24)26/h4-8,11,14-16,20,23H,3,9-10,12-13,27H2,1-2H3/t20?,23-,25?/m0/s1. The van der Waals surface area contributed by atoms with Crippen LogP contribution in [0.5, 0.6) is 5.75 Å². The smallest absolute Gasteiger partial charge is 0.166 e. The number of halogens is 1. The average Bonchev–Trinajstić information content (AvgIpc) is 2.77. The second-order valence-corrected chi connectivity index (χ2v) is 8.26. The predicted molar refractivity (Wildman–Crippen MR) is 116 cm³/mol. The third-order valence-corrected chi connectivity index (χ3v) is 6.70. The number of hydrogen-bond acceptors (Lipinski definition) is 3. The maximum Gasteiger partial charge on any atom is 0.166 e. The van der Waals surface area contributed by atoms with Crippen LogP contribution >= 0.6 is 0 Å². The number of nitrogens with zero attached hydrogens (tertiary/aromatic N) is 1. The van der Waals surface area contributed by atoms with E-state index in [9.17, 15) is 4.39 Å². The number of hydrogen-bond donors (Lipinski definition) is 1. The molecule has 2 aromatic carbocycles. The first-order chi connectivity index (χ1) is 14.0. The van der Waals surface area contributed by atoms with Gasteiger partial charge in [0, 0.05) is 34.8 Å². The van der Waals surface area contributed by atoms with E-state index in [1.807, 2.05) is 19.1 Å². The monoisotopic (exact) mass is 392 g/mol. The van der Waals surface area contributed by atoms with Gasteiger partial charge in [-0.2, -0.15) is 0 Å². The third kappa shape index (κ3) is 3.62. The van der Waals surface area contributed by atoms with Crippen LogP contribution in [0.15, 0.2) is 54.9 Å². The molecular formula is C25H29FN2O. The minimum atomic E-state index is -0.312. The molecule has 0 aliphatic heterocycles. The van der Waals surface area contributed by atoms with Crippen LogP contribution in [0.3, 0.4) is 0 Å². The fraction of sp³-hybridized carbons (Fsp3) is 0.400. The predicted octanol–water partition coefficient (Wildman–Crippen LogP) is 5.68. The van der Waals surface area contributed by atoms with Gasteiger partial charge < -0.3 is 10.5 Å². The van der Waals surface area contributed by atoms with E-state index in [4.69, 9.17) is 10.5 Å². The van der Waals surface area contributed by atoms with Crippen molar-refractivity contribution in [2.75, 3.05) is 0 Å². The average molecular weight is 393 g/mol. The molecular weight excluding hydrogens is 363 g/mol. The Bertz CT molecular complexity index is 981. The Morgan fingerprint density at radius 1 is 1.21 bits per heavy atom. The molecule has 4 rings (SSSR count). The fourth-order valence-corrected chi connectivity index (χ4v) is 4.94. The molecule has 1 fully saturated rings. The highest BCUT2D eigenvalue weighted by atomic mass is 19.1. The molecule has 1 heterocycles. The Morgan fingerprint density at radius 3 is 2.62 bits per heavy atom. The first kappa shape index (κ1) is 19.8. The van der Waals surface area contributed by atoms with Gasteiger partial charge in [-0.1, -0.05) is 37.3 Å². The van der Waals surface area contributed by atoms with Crippen LogP contribution in [0, 0.1) is 12.7 Å². The highest BCUT2D eigenvalue weighted by Crippen LogP contribution is 2.44. The summed E-state index contributed by atoms with van der Waals surface area (Å²) in [6.07, 6.45) is 8.01. The minimum absolute atomic E-state index is 0.00313. The molecule has 3 aromatic rings. The molecule has 152 valence electrons. The van der Waals surface area contributed by atoms with Gasteiger partial charge in [0.05, 0.1) is 6.10 Å². The molecule has 0 radical (unpaired) electrons. The molecule has 2 N–H and O–H groups in total. The summed E-state index contributed by atoms with van der Waals surface area (Å²) in [5, 5.41) is 1.79. The number of rotatable bonds is 5. The van der Waals surface area contributed by atoms with E-state index in [0.29, 0.717) is 5.75 Å². The van der Waals surface area contributed by atoms with Gasteiger partial charge in [-0.25, -0.2) is 4.39 Å². The largest absolute Gasteiger partial charge is 0.487 e. The number of aryl methyl sites for hydroxylation is 1. The lowest BCUT2D eigenvalue weighted by atomic mass is 9.64. The summed E-state index contributed by atoms with van der Waals surface area (Å²) in [6.45, 7) is 4.07. The molecule has 1 aromatic heterocycles. The first-order valence-electron chi connectivity index (χ1n) is 10.6. The van der Waals surface area contributed by atoms with Crippen LogP contribution in [0.2, 0.25) is 0 Å². The molecule has 0 saturated heterocycles. The van der Waals surface area contributed by atoms with E-state index in [2.05, 4.69) is 36.2 Å². The zero-order valence-corrected chi connectivity index (χ0v) is 17.2. The van der Waals surface area contributed by atoms with Crippen LogP contribution < -0.4 is 10.5 Å². The Kier molecular flexibility index (Phi) is 5.55. The lowest BCUT2D eigenvalue weighted by molar-refractivity contribution is 0.0994. The number of benzene rings is 2. The fourth-order valence-electron chi connectivity index (χ4n) is 4.94. The van der Waals surface area contributed by atoms with E-state index in [-0.39, 0.29) is 23.4 Å². The van der Waals surface area contributed by atoms with Gasteiger partial charge in [-0.05, 0) is 62.1 Å². The topological polar surface area (TPSA) is 48.1 Å². The van der Waals surface area contributed by atoms with Gasteiger partial charge >= 0.3 is 0 Å². The molecule has 1 aliphatic carbocycles. The number of fused-ring (bicyclic) bond motifs is 1. The SMILES string of the molecule is CC[C@H](N)C1(c2ccccc2)CCC(Oc2c(F)cc3cnccc3c2C)CC1. The quantitative estimate of drug-likeness (QED) is 0.608. The molecule has 0 amide bonds. The van der Waals surface area contributed by atoms with Gasteiger partial charge in [0.1, 0.15) is 0 Å². The highest BCUT2D eigenvalue weighted by molar-refractivity contribution is 5.86. The van der Waals surface area contributed by atoms with Crippen LogP contribution in [-0.2, 0) is 5.41 Å². The molecule has 1 aliphatic rings. The Balaban J connectivity index is 1.56. The van der Waals surface area contributed by atoms with Crippen molar-refractivity contribution in [3.05, 3.63) is 71.8 Å². The van der Waals surface area contributed by atoms with Gasteiger partial charge in [0.25, 0.3) is 0 Å². The van der Waals surface area contributed by atoms with E-state index in [0.717, 1.165) is 48.4 Å². The molecule has 3 nitrogen and oxygen atoms in total. The normalized spacial score (nSPS) is 23.1. The maximum absolute atomic E-state index is 14.8. The molecule has 4 heteroatoms. The number of pyridine rings is 1. The van der Waals surface area contributed by atoms with Crippen molar-refractivity contribution < 1.29 is 9.13 Å². The van der Waals surface area contributed by atoms with E-state index in [1.165, 1.54) is 11.6 Å². The van der Waals surface area contributed by atoms with Gasteiger partial charge in [-0.15, -0.1) is 0 Å². The third-order valence-electron chi connectivity index (χ3n) is 6.70. The molecule has 0 unspecified atom stereocenters. The van der Waals surface area contributed by atoms with Crippen molar-refractivity contribution >= 4 is 10.8 Å². The number of ether oxygens (including phenoxy) is 1. The summed E-state index contributed by atoms with van der Waals surface area (Å²) in [7, 11) is 0. The number of nitrogens with two attached hydrogens (primary N) is 1. The van der Waals surface area contributed by atoms with Crippen molar-refractivity contribution in [3.8, 4) is 5.75 Å². The Morgan fingerprint density at radius 2 is 1.93 bits per heavy atom. The van der Waals surface area contributed by atoms with E-state index < -0.39 is 0 Å². The summed E-state index contributed by atoms with van der Waals surface area (Å²) in [4.78, 5) is 4.09. The highest BCUT2D eigenvalue weighted by Gasteiger charge is 2.41. The summed E-state index contributed by atoms with van der Waals surface area (Å²) in [5.41, 5.74) is 8.74. The molecule has 0 spiro atoms. The summed E-state index contributed by atoms with van der Waals surface area (Å²) < 4.78 is 21.0. The minimum Gasteiger partial charge on any atom is -0.487 e. The zero-order valence-electron chi connectivity index (χ0n) is 17.2. The van der Waals surface area contributed by atoms with Gasteiger partial charge in [0.15, 0.2) is 11.6 Å². The molecule has 29 heavy (non-hydrogen) atoms. The van der Waals surface area contributed by atoms with E-state index >= 15 is 0 Å². The zero-order chi connectivity index (χ0) is 20.4. The van der Waals surface area contributed by atoms with Gasteiger partial charge in [0.2, 0.25) is 0 Å². The van der Waals surface area contributed by atoms with Crippen molar-refractivity contribution in [2.24, 2.45) is 5.73 Å². The number of aromatic nitrogens is 1. The van der Waals surface area contributed by atoms with Crippen LogP contribution in [0.25, 0.3) is 10.8 Å². The second-order valence-electron chi connectivity index (χ2n) is 8.26. The Hall–Kier alpha value is -2.46. The van der Waals surface area contributed by atoms with Crippen molar-refractivity contribution in [2.45, 2.75) is 63.5 Å². The second kappa shape index (κ2) is 8.11. The maximum atomic E-state index is 14.8. The van der Waals surface area contributed by atoms with Crippen molar-refractivity contribution in [1.82, 2.24) is 4.98 Å².